The lowest BCUT2D eigenvalue weighted by Gasteiger charge is -2.42. The Hall–Kier alpha value is -2.99. The second-order valence-corrected chi connectivity index (χ2v) is 11.8. The molecule has 0 radical (unpaired) electrons. The number of hydrogen-bond donors (Lipinski definition) is 1. The van der Waals surface area contributed by atoms with E-state index < -0.39 is 0 Å². The Morgan fingerprint density at radius 2 is 1.47 bits per heavy atom. The Balaban J connectivity index is 1.52. The third kappa shape index (κ3) is 5.24. The Morgan fingerprint density at radius 1 is 0.861 bits per heavy atom. The van der Waals surface area contributed by atoms with Crippen LogP contribution in [0.5, 0.6) is 17.2 Å². The molecule has 3 aromatic rings. The number of nitrogens with one attached hydrogen (secondary N) is 1. The third-order valence-electron chi connectivity index (χ3n) is 7.38. The highest BCUT2D eigenvalue weighted by atomic mass is 32.1. The summed E-state index contributed by atoms with van der Waals surface area (Å²) in [7, 11) is 4.99. The van der Waals surface area contributed by atoms with Crippen molar-refractivity contribution in [1.29, 1.82) is 0 Å². The maximum Gasteiger partial charge on any atom is 0.261 e. The molecule has 1 aromatic heterocycles. The van der Waals surface area contributed by atoms with Crippen molar-refractivity contribution in [2.24, 2.45) is 0 Å². The van der Waals surface area contributed by atoms with Crippen molar-refractivity contribution in [2.75, 3.05) is 27.9 Å². The van der Waals surface area contributed by atoms with Gasteiger partial charge in [-0.15, -0.1) is 11.3 Å². The molecule has 1 aliphatic carbocycles. The summed E-state index contributed by atoms with van der Waals surface area (Å²) < 4.78 is 16.5. The lowest BCUT2D eigenvalue weighted by molar-refractivity contribution is 0.0958. The van der Waals surface area contributed by atoms with E-state index in [9.17, 15) is 4.79 Å². The smallest absolute Gasteiger partial charge is 0.261 e. The third-order valence-corrected chi connectivity index (χ3v) is 8.50. The number of carbonyl (C=O) groups is 1. The van der Waals surface area contributed by atoms with Gasteiger partial charge in [-0.2, -0.15) is 0 Å². The van der Waals surface area contributed by atoms with Crippen LogP contribution in [-0.4, -0.2) is 33.8 Å². The van der Waals surface area contributed by atoms with Gasteiger partial charge in [-0.3, -0.25) is 4.79 Å². The molecule has 2 aromatic carbocycles. The normalized spacial score (nSPS) is 15.6. The van der Waals surface area contributed by atoms with Crippen molar-refractivity contribution in [3.8, 4) is 27.7 Å². The number of thiophene rings is 1. The van der Waals surface area contributed by atoms with Crippen LogP contribution >= 0.6 is 11.3 Å². The second kappa shape index (κ2) is 10.2. The van der Waals surface area contributed by atoms with E-state index in [1.165, 1.54) is 22.5 Å². The molecule has 0 saturated carbocycles. The molecule has 6 heteroatoms. The quantitative estimate of drug-likeness (QED) is 0.366. The molecule has 0 fully saturated rings. The highest BCUT2D eigenvalue weighted by Crippen LogP contribution is 2.49. The van der Waals surface area contributed by atoms with Gasteiger partial charge in [0.2, 0.25) is 0 Å². The lowest BCUT2D eigenvalue weighted by atomic mass is 9.63. The van der Waals surface area contributed by atoms with Crippen LogP contribution in [0.1, 0.15) is 66.9 Å². The van der Waals surface area contributed by atoms with E-state index in [0.29, 0.717) is 17.8 Å². The molecule has 1 amide bonds. The first-order valence-electron chi connectivity index (χ1n) is 12.4. The SMILES string of the molecule is COc1cc(CCNC(=O)c2ccc(-c3cc4c(cc3OC)C(C)(C)CCC4(C)C)s2)cc(OC)c1. The first kappa shape index (κ1) is 26.1. The van der Waals surface area contributed by atoms with Crippen LogP contribution in [0.25, 0.3) is 10.4 Å². The van der Waals surface area contributed by atoms with Gasteiger partial charge >= 0.3 is 0 Å². The topological polar surface area (TPSA) is 56.8 Å². The van der Waals surface area contributed by atoms with Gasteiger partial charge in [0, 0.05) is 23.1 Å². The van der Waals surface area contributed by atoms with E-state index in [-0.39, 0.29) is 16.7 Å². The largest absolute Gasteiger partial charge is 0.497 e. The molecule has 0 spiro atoms. The molecule has 0 unspecified atom stereocenters. The van der Waals surface area contributed by atoms with Gasteiger partial charge in [0.1, 0.15) is 17.2 Å². The van der Waals surface area contributed by atoms with Crippen LogP contribution in [0.15, 0.2) is 42.5 Å². The Morgan fingerprint density at radius 3 is 2.06 bits per heavy atom. The monoisotopic (exact) mass is 507 g/mol. The zero-order chi connectivity index (χ0) is 26.1. The number of benzene rings is 2. The predicted octanol–water partition coefficient (Wildman–Crippen LogP) is 6.76. The van der Waals surface area contributed by atoms with Crippen molar-refractivity contribution in [1.82, 2.24) is 5.32 Å². The summed E-state index contributed by atoms with van der Waals surface area (Å²) in [6.45, 7) is 9.80. The minimum absolute atomic E-state index is 0.0699. The lowest BCUT2D eigenvalue weighted by Crippen LogP contribution is -2.33. The molecule has 0 saturated heterocycles. The maximum atomic E-state index is 12.9. The zero-order valence-electron chi connectivity index (χ0n) is 22.4. The fourth-order valence-corrected chi connectivity index (χ4v) is 5.92. The summed E-state index contributed by atoms with van der Waals surface area (Å²) in [4.78, 5) is 14.6. The van der Waals surface area contributed by atoms with Crippen molar-refractivity contribution < 1.29 is 19.0 Å². The van der Waals surface area contributed by atoms with Gasteiger partial charge in [0.25, 0.3) is 5.91 Å². The first-order valence-corrected chi connectivity index (χ1v) is 13.2. The number of amides is 1. The van der Waals surface area contributed by atoms with Crippen molar-refractivity contribution in [3.63, 3.8) is 0 Å². The highest BCUT2D eigenvalue weighted by Gasteiger charge is 2.38. The number of rotatable bonds is 8. The molecule has 192 valence electrons. The molecule has 1 aliphatic rings. The Bertz CT molecular complexity index is 1240. The number of fused-ring (bicyclic) bond motifs is 1. The number of carbonyl (C=O) groups excluding carboxylic acids is 1. The van der Waals surface area contributed by atoms with Crippen molar-refractivity contribution in [2.45, 2.75) is 57.8 Å². The van der Waals surface area contributed by atoms with Gasteiger partial charge in [0.15, 0.2) is 0 Å². The number of methoxy groups -OCH3 is 3. The highest BCUT2D eigenvalue weighted by molar-refractivity contribution is 7.17. The minimum Gasteiger partial charge on any atom is -0.497 e. The average Bonchev–Trinajstić information content (AvgIpc) is 3.36. The van der Waals surface area contributed by atoms with Crippen LogP contribution < -0.4 is 19.5 Å². The van der Waals surface area contributed by atoms with E-state index in [0.717, 1.165) is 46.1 Å². The van der Waals surface area contributed by atoms with Gasteiger partial charge < -0.3 is 19.5 Å². The number of ether oxygens (including phenoxy) is 3. The van der Waals surface area contributed by atoms with Crippen LogP contribution in [-0.2, 0) is 17.3 Å². The van der Waals surface area contributed by atoms with Crippen LogP contribution in [0, 0.1) is 0 Å². The van der Waals surface area contributed by atoms with Crippen LogP contribution in [0.2, 0.25) is 0 Å². The predicted molar refractivity (Wildman–Crippen MR) is 147 cm³/mol. The van der Waals surface area contributed by atoms with Crippen molar-refractivity contribution in [3.05, 3.63) is 64.0 Å². The maximum absolute atomic E-state index is 12.9. The number of hydrogen-bond acceptors (Lipinski definition) is 5. The molecule has 0 atom stereocenters. The van der Waals surface area contributed by atoms with Crippen LogP contribution in [0.4, 0.5) is 0 Å². The molecular formula is C30H37NO4S. The molecule has 1 N–H and O–H groups in total. The van der Waals surface area contributed by atoms with Gasteiger partial charge in [0.05, 0.1) is 26.2 Å². The van der Waals surface area contributed by atoms with Gasteiger partial charge in [-0.05, 0) is 83.2 Å². The Labute approximate surface area is 218 Å². The minimum atomic E-state index is -0.0699. The Kier molecular flexibility index (Phi) is 7.37. The molecule has 0 bridgehead atoms. The summed E-state index contributed by atoms with van der Waals surface area (Å²) in [6, 6.07) is 14.2. The van der Waals surface area contributed by atoms with E-state index in [2.05, 4.69) is 45.1 Å². The fraction of sp³-hybridized carbons (Fsp3) is 0.433. The van der Waals surface area contributed by atoms with E-state index in [4.69, 9.17) is 14.2 Å². The van der Waals surface area contributed by atoms with E-state index in [1.54, 1.807) is 21.3 Å². The summed E-state index contributed by atoms with van der Waals surface area (Å²) in [5, 5.41) is 3.05. The first-order chi connectivity index (χ1) is 17.1. The van der Waals surface area contributed by atoms with E-state index >= 15 is 0 Å². The standard InChI is InChI=1S/C30H37NO4S/c1-29(2)11-12-30(3,4)24-18-25(35-7)22(17-23(24)29)26-8-9-27(36-26)28(32)31-13-10-19-14-20(33-5)16-21(15-19)34-6/h8-9,14-18H,10-13H2,1-7H3,(H,31,32). The summed E-state index contributed by atoms with van der Waals surface area (Å²) >= 11 is 1.50. The molecule has 36 heavy (non-hydrogen) atoms. The second-order valence-electron chi connectivity index (χ2n) is 10.8. The summed E-state index contributed by atoms with van der Waals surface area (Å²) in [6.07, 6.45) is 2.98. The molecule has 5 nitrogen and oxygen atoms in total. The molecule has 0 aliphatic heterocycles. The molecule has 4 rings (SSSR count). The fourth-order valence-electron chi connectivity index (χ4n) is 4.98. The van der Waals surface area contributed by atoms with Gasteiger partial charge in [-0.1, -0.05) is 27.7 Å². The zero-order valence-corrected chi connectivity index (χ0v) is 23.2. The van der Waals surface area contributed by atoms with Crippen molar-refractivity contribution >= 4 is 17.2 Å². The summed E-state index contributed by atoms with van der Waals surface area (Å²) in [5.41, 5.74) is 5.05. The summed E-state index contributed by atoms with van der Waals surface area (Å²) in [5.74, 6) is 2.27. The van der Waals surface area contributed by atoms with Gasteiger partial charge in [-0.25, -0.2) is 0 Å². The van der Waals surface area contributed by atoms with Crippen LogP contribution in [0.3, 0.4) is 0 Å². The van der Waals surface area contributed by atoms with E-state index in [1.807, 2.05) is 30.3 Å². The average molecular weight is 508 g/mol. The molecule has 1 heterocycles. The molecular weight excluding hydrogens is 470 g/mol.